The van der Waals surface area contributed by atoms with Crippen LogP contribution in [0.15, 0.2) is 71.9 Å². The summed E-state index contributed by atoms with van der Waals surface area (Å²) in [6, 6.07) is 13.9. The van der Waals surface area contributed by atoms with Crippen LogP contribution in [0.4, 0.5) is 5.82 Å². The van der Waals surface area contributed by atoms with E-state index in [2.05, 4.69) is 20.4 Å². The molecule has 4 aromatic rings. The normalized spacial score (nSPS) is 10.8. The Bertz CT molecular complexity index is 1130. The molecular weight excluding hydrogens is 330 g/mol. The summed E-state index contributed by atoms with van der Waals surface area (Å²) in [5, 5.41) is 7.57. The van der Waals surface area contributed by atoms with E-state index >= 15 is 0 Å². The summed E-state index contributed by atoms with van der Waals surface area (Å²) < 4.78 is 1.70. The molecule has 4 rings (SSSR count). The molecule has 0 spiro atoms. The Morgan fingerprint density at radius 3 is 2.88 bits per heavy atom. The number of H-pyrrole nitrogens is 1. The lowest BCUT2D eigenvalue weighted by atomic mass is 10.2. The van der Waals surface area contributed by atoms with Crippen molar-refractivity contribution in [3.05, 3.63) is 88.6 Å². The maximum atomic E-state index is 12.4. The standard InChI is InChI=1S/C19H15N5O2/c25-17-10-16(21-15-6-2-1-5-14(15)17)19(26)22-18-7-9-24(23-18)12-13-4-3-8-20-11-13/h1-11H,12H2,(H,21,25)(H,22,23,26). The molecule has 0 fully saturated rings. The molecule has 26 heavy (non-hydrogen) atoms. The first-order chi connectivity index (χ1) is 12.7. The van der Waals surface area contributed by atoms with Crippen molar-refractivity contribution >= 4 is 22.6 Å². The molecule has 0 saturated carbocycles. The maximum Gasteiger partial charge on any atom is 0.273 e. The van der Waals surface area contributed by atoms with Crippen molar-refractivity contribution in [3.63, 3.8) is 0 Å². The minimum Gasteiger partial charge on any atom is -0.350 e. The monoisotopic (exact) mass is 345 g/mol. The highest BCUT2D eigenvalue weighted by Crippen LogP contribution is 2.10. The van der Waals surface area contributed by atoms with Gasteiger partial charge in [-0.25, -0.2) is 0 Å². The Balaban J connectivity index is 1.53. The van der Waals surface area contributed by atoms with E-state index in [1.807, 2.05) is 12.1 Å². The number of carbonyl (C=O) groups is 1. The second kappa shape index (κ2) is 6.64. The van der Waals surface area contributed by atoms with Crippen LogP contribution >= 0.6 is 0 Å². The summed E-state index contributed by atoms with van der Waals surface area (Å²) in [5.41, 5.74) is 1.61. The van der Waals surface area contributed by atoms with Gasteiger partial charge in [-0.1, -0.05) is 18.2 Å². The fourth-order valence-electron chi connectivity index (χ4n) is 2.70. The molecule has 128 valence electrons. The maximum absolute atomic E-state index is 12.4. The second-order valence-corrected chi connectivity index (χ2v) is 5.81. The number of amides is 1. The zero-order valence-corrected chi connectivity index (χ0v) is 13.7. The van der Waals surface area contributed by atoms with Gasteiger partial charge in [0.15, 0.2) is 11.2 Å². The molecule has 7 heteroatoms. The van der Waals surface area contributed by atoms with Gasteiger partial charge in [0.1, 0.15) is 5.69 Å². The molecule has 0 atom stereocenters. The Hall–Kier alpha value is -3.74. The number of aromatic nitrogens is 4. The number of para-hydroxylation sites is 1. The van der Waals surface area contributed by atoms with E-state index in [9.17, 15) is 9.59 Å². The highest BCUT2D eigenvalue weighted by atomic mass is 16.2. The van der Waals surface area contributed by atoms with E-state index in [4.69, 9.17) is 0 Å². The van der Waals surface area contributed by atoms with E-state index in [-0.39, 0.29) is 11.1 Å². The van der Waals surface area contributed by atoms with Crippen LogP contribution in [0.3, 0.4) is 0 Å². The van der Waals surface area contributed by atoms with Gasteiger partial charge in [-0.3, -0.25) is 19.3 Å². The SMILES string of the molecule is O=C(Nc1ccn(Cc2cccnc2)n1)c1cc(=O)c2ccccc2[nH]1. The third-order valence-corrected chi connectivity index (χ3v) is 3.93. The topological polar surface area (TPSA) is 92.7 Å². The number of carbonyl (C=O) groups excluding carboxylic acids is 1. The summed E-state index contributed by atoms with van der Waals surface area (Å²) in [6.45, 7) is 0.552. The first-order valence-electron chi connectivity index (χ1n) is 8.05. The Morgan fingerprint density at radius 2 is 2.04 bits per heavy atom. The first-order valence-corrected chi connectivity index (χ1v) is 8.05. The molecule has 0 aliphatic heterocycles. The number of hydrogen-bond donors (Lipinski definition) is 2. The first kappa shape index (κ1) is 15.8. The summed E-state index contributed by atoms with van der Waals surface area (Å²) in [7, 11) is 0. The van der Waals surface area contributed by atoms with E-state index in [1.54, 1.807) is 53.6 Å². The number of anilines is 1. The van der Waals surface area contributed by atoms with E-state index in [1.165, 1.54) is 6.07 Å². The highest BCUT2D eigenvalue weighted by Gasteiger charge is 2.11. The molecule has 2 N–H and O–H groups in total. The third-order valence-electron chi connectivity index (χ3n) is 3.93. The van der Waals surface area contributed by atoms with Gasteiger partial charge < -0.3 is 10.3 Å². The van der Waals surface area contributed by atoms with E-state index in [0.717, 1.165) is 5.56 Å². The molecule has 0 bridgehead atoms. The quantitative estimate of drug-likeness (QED) is 0.594. The zero-order valence-electron chi connectivity index (χ0n) is 13.7. The van der Waals surface area contributed by atoms with Gasteiger partial charge in [0.25, 0.3) is 5.91 Å². The average Bonchev–Trinajstić information content (AvgIpc) is 3.09. The lowest BCUT2D eigenvalue weighted by Crippen LogP contribution is -2.17. The van der Waals surface area contributed by atoms with Crippen LogP contribution in [0.2, 0.25) is 0 Å². The Labute approximate surface area is 148 Å². The Morgan fingerprint density at radius 1 is 1.15 bits per heavy atom. The third kappa shape index (κ3) is 3.23. The van der Waals surface area contributed by atoms with Crippen LogP contribution in [-0.4, -0.2) is 25.7 Å². The molecule has 0 radical (unpaired) electrons. The minimum absolute atomic E-state index is 0.190. The van der Waals surface area contributed by atoms with Crippen molar-refractivity contribution < 1.29 is 4.79 Å². The largest absolute Gasteiger partial charge is 0.350 e. The number of nitrogens with zero attached hydrogens (tertiary/aromatic N) is 3. The molecule has 0 saturated heterocycles. The molecule has 1 amide bonds. The van der Waals surface area contributed by atoms with Gasteiger partial charge in [-0.15, -0.1) is 0 Å². The number of aromatic amines is 1. The number of rotatable bonds is 4. The van der Waals surface area contributed by atoms with Crippen LogP contribution in [0, 0.1) is 0 Å². The minimum atomic E-state index is -0.417. The number of fused-ring (bicyclic) bond motifs is 1. The van der Waals surface area contributed by atoms with Crippen molar-refractivity contribution in [2.45, 2.75) is 6.54 Å². The smallest absolute Gasteiger partial charge is 0.273 e. The summed E-state index contributed by atoms with van der Waals surface area (Å²) in [4.78, 5) is 31.6. The van der Waals surface area contributed by atoms with Gasteiger partial charge in [0.2, 0.25) is 0 Å². The molecular formula is C19H15N5O2. The summed E-state index contributed by atoms with van der Waals surface area (Å²) >= 11 is 0. The molecule has 7 nitrogen and oxygen atoms in total. The molecule has 3 heterocycles. The van der Waals surface area contributed by atoms with Crippen molar-refractivity contribution in [2.75, 3.05) is 5.32 Å². The molecule has 0 aliphatic carbocycles. The average molecular weight is 345 g/mol. The number of benzene rings is 1. The second-order valence-electron chi connectivity index (χ2n) is 5.81. The van der Waals surface area contributed by atoms with Crippen LogP contribution in [-0.2, 0) is 6.54 Å². The zero-order chi connectivity index (χ0) is 17.9. The fraction of sp³-hybridized carbons (Fsp3) is 0.0526. The van der Waals surface area contributed by atoms with E-state index in [0.29, 0.717) is 23.3 Å². The molecule has 0 unspecified atom stereocenters. The van der Waals surface area contributed by atoms with Crippen LogP contribution in [0.25, 0.3) is 10.9 Å². The predicted octanol–water partition coefficient (Wildman–Crippen LogP) is 2.42. The number of nitrogens with one attached hydrogen (secondary N) is 2. The van der Waals surface area contributed by atoms with Crippen molar-refractivity contribution in [3.8, 4) is 0 Å². The fourth-order valence-corrected chi connectivity index (χ4v) is 2.70. The van der Waals surface area contributed by atoms with E-state index < -0.39 is 5.91 Å². The van der Waals surface area contributed by atoms with Crippen molar-refractivity contribution in [2.24, 2.45) is 0 Å². The highest BCUT2D eigenvalue weighted by molar-refractivity contribution is 6.03. The summed E-state index contributed by atoms with van der Waals surface area (Å²) in [6.07, 6.45) is 5.24. The van der Waals surface area contributed by atoms with Gasteiger partial charge in [-0.05, 0) is 23.8 Å². The Kier molecular flexibility index (Phi) is 4.03. The van der Waals surface area contributed by atoms with Gasteiger partial charge in [0.05, 0.1) is 6.54 Å². The van der Waals surface area contributed by atoms with Gasteiger partial charge >= 0.3 is 0 Å². The molecule has 3 aromatic heterocycles. The van der Waals surface area contributed by atoms with Crippen molar-refractivity contribution in [1.29, 1.82) is 0 Å². The predicted molar refractivity (Wildman–Crippen MR) is 98.1 cm³/mol. The van der Waals surface area contributed by atoms with Crippen LogP contribution in [0.1, 0.15) is 16.1 Å². The van der Waals surface area contributed by atoms with Crippen LogP contribution in [0.5, 0.6) is 0 Å². The van der Waals surface area contributed by atoms with Crippen LogP contribution < -0.4 is 10.7 Å². The van der Waals surface area contributed by atoms with Gasteiger partial charge in [0, 0.05) is 41.6 Å². The molecule has 1 aromatic carbocycles. The molecule has 0 aliphatic rings. The number of hydrogen-bond acceptors (Lipinski definition) is 4. The van der Waals surface area contributed by atoms with Gasteiger partial charge in [-0.2, -0.15) is 5.10 Å². The summed E-state index contributed by atoms with van der Waals surface area (Å²) in [5.74, 6) is -0.00706. The number of pyridine rings is 2. The lowest BCUT2D eigenvalue weighted by molar-refractivity contribution is 0.102. The lowest BCUT2D eigenvalue weighted by Gasteiger charge is -2.05. The van der Waals surface area contributed by atoms with Crippen molar-refractivity contribution in [1.82, 2.24) is 19.7 Å².